The first-order chi connectivity index (χ1) is 11.6. The van der Waals surface area contributed by atoms with Crippen LogP contribution in [0.2, 0.25) is 5.02 Å². The van der Waals surface area contributed by atoms with Crippen LogP contribution in [0.3, 0.4) is 0 Å². The van der Waals surface area contributed by atoms with Crippen LogP contribution in [0.15, 0.2) is 28.8 Å². The number of benzene rings is 1. The average Bonchev–Trinajstić information content (AvgIpc) is 3.21. The predicted molar refractivity (Wildman–Crippen MR) is 88.9 cm³/mol. The number of hydrogen-bond donors (Lipinski definition) is 0. The molecule has 7 heteroatoms. The van der Waals surface area contributed by atoms with Crippen molar-refractivity contribution in [3.05, 3.63) is 41.0 Å². The fourth-order valence-electron chi connectivity index (χ4n) is 2.87. The van der Waals surface area contributed by atoms with Gasteiger partial charge in [0.25, 0.3) is 0 Å². The summed E-state index contributed by atoms with van der Waals surface area (Å²) in [6, 6.07) is 7.14. The quantitative estimate of drug-likeness (QED) is 0.746. The number of aryl methyl sites for hydroxylation is 1. The van der Waals surface area contributed by atoms with Crippen LogP contribution < -0.4 is 4.74 Å². The molecular formula is C17H20ClN3O3. The summed E-state index contributed by atoms with van der Waals surface area (Å²) >= 11 is 5.83. The third-order valence-corrected chi connectivity index (χ3v) is 4.28. The molecule has 2 aromatic rings. The summed E-state index contributed by atoms with van der Waals surface area (Å²) < 4.78 is 10.7. The van der Waals surface area contributed by atoms with Crippen molar-refractivity contribution < 1.29 is 14.1 Å². The van der Waals surface area contributed by atoms with Crippen molar-refractivity contribution in [2.75, 3.05) is 13.2 Å². The number of likely N-dealkylation sites (tertiary alicyclic amines) is 1. The number of halogens is 1. The van der Waals surface area contributed by atoms with Gasteiger partial charge in [0.15, 0.2) is 5.82 Å². The first-order valence-corrected chi connectivity index (χ1v) is 8.49. The van der Waals surface area contributed by atoms with E-state index < -0.39 is 0 Å². The number of hydrogen-bond acceptors (Lipinski definition) is 5. The van der Waals surface area contributed by atoms with Gasteiger partial charge in [0, 0.05) is 24.9 Å². The van der Waals surface area contributed by atoms with E-state index in [0.717, 1.165) is 25.1 Å². The molecule has 1 saturated heterocycles. The monoisotopic (exact) mass is 349 g/mol. The van der Waals surface area contributed by atoms with Gasteiger partial charge in [0.05, 0.1) is 12.6 Å². The SMILES string of the molecule is Cc1nc([C@@H]2CCCN2C(=O)CCCOc2ccc(Cl)cc2)no1. The zero-order chi connectivity index (χ0) is 16.9. The first kappa shape index (κ1) is 16.8. The minimum atomic E-state index is -0.0628. The molecule has 0 aliphatic carbocycles. The predicted octanol–water partition coefficient (Wildman–Crippen LogP) is 3.55. The number of rotatable bonds is 6. The molecule has 1 fully saturated rings. The first-order valence-electron chi connectivity index (χ1n) is 8.11. The number of amides is 1. The molecule has 6 nitrogen and oxygen atoms in total. The Morgan fingerprint density at radius 1 is 1.42 bits per heavy atom. The van der Waals surface area contributed by atoms with Gasteiger partial charge in [0.1, 0.15) is 5.75 Å². The summed E-state index contributed by atoms with van der Waals surface area (Å²) in [7, 11) is 0. The van der Waals surface area contributed by atoms with E-state index in [0.29, 0.717) is 36.2 Å². The number of carbonyl (C=O) groups is 1. The lowest BCUT2D eigenvalue weighted by Gasteiger charge is -2.22. The molecular weight excluding hydrogens is 330 g/mol. The molecule has 1 aliphatic heterocycles. The molecule has 0 bridgehead atoms. The second-order valence-corrected chi connectivity index (χ2v) is 6.26. The van der Waals surface area contributed by atoms with E-state index in [1.165, 1.54) is 0 Å². The van der Waals surface area contributed by atoms with Gasteiger partial charge in [0.2, 0.25) is 11.8 Å². The molecule has 0 saturated carbocycles. The molecule has 1 atom stereocenters. The summed E-state index contributed by atoms with van der Waals surface area (Å²) in [5.74, 6) is 2.00. The highest BCUT2D eigenvalue weighted by Crippen LogP contribution is 2.30. The van der Waals surface area contributed by atoms with Crippen molar-refractivity contribution in [1.82, 2.24) is 15.0 Å². The summed E-state index contributed by atoms with van der Waals surface area (Å²) in [6.45, 7) is 2.99. The van der Waals surface area contributed by atoms with Gasteiger partial charge in [-0.3, -0.25) is 4.79 Å². The van der Waals surface area contributed by atoms with Crippen molar-refractivity contribution in [2.45, 2.75) is 38.6 Å². The highest BCUT2D eigenvalue weighted by molar-refractivity contribution is 6.30. The summed E-state index contributed by atoms with van der Waals surface area (Å²) in [6.07, 6.45) is 2.95. The molecule has 0 radical (unpaired) electrons. The van der Waals surface area contributed by atoms with Gasteiger partial charge >= 0.3 is 0 Å². The third kappa shape index (κ3) is 4.06. The highest BCUT2D eigenvalue weighted by atomic mass is 35.5. The van der Waals surface area contributed by atoms with Crippen molar-refractivity contribution in [3.63, 3.8) is 0 Å². The van der Waals surface area contributed by atoms with Crippen LogP contribution in [-0.2, 0) is 4.79 Å². The standard InChI is InChI=1S/C17H20ClN3O3/c1-12-19-17(20-24-12)15-4-2-10-21(15)16(22)5-3-11-23-14-8-6-13(18)7-9-14/h6-9,15H,2-5,10-11H2,1H3/t15-/m0/s1. The lowest BCUT2D eigenvalue weighted by atomic mass is 10.2. The van der Waals surface area contributed by atoms with Gasteiger partial charge in [-0.2, -0.15) is 4.98 Å². The Hall–Kier alpha value is -2.08. The second kappa shape index (κ2) is 7.66. The van der Waals surface area contributed by atoms with Crippen LogP contribution >= 0.6 is 11.6 Å². The Balaban J connectivity index is 1.46. The minimum Gasteiger partial charge on any atom is -0.494 e. The zero-order valence-corrected chi connectivity index (χ0v) is 14.3. The van der Waals surface area contributed by atoms with E-state index in [-0.39, 0.29) is 11.9 Å². The van der Waals surface area contributed by atoms with E-state index in [1.54, 1.807) is 19.1 Å². The number of aromatic nitrogens is 2. The van der Waals surface area contributed by atoms with Crippen LogP contribution in [-0.4, -0.2) is 34.1 Å². The van der Waals surface area contributed by atoms with Crippen LogP contribution in [0.1, 0.15) is 43.4 Å². The molecule has 24 heavy (non-hydrogen) atoms. The number of ether oxygens (including phenoxy) is 1. The van der Waals surface area contributed by atoms with E-state index in [4.69, 9.17) is 20.9 Å². The molecule has 128 valence electrons. The Bertz CT molecular complexity index is 687. The summed E-state index contributed by atoms with van der Waals surface area (Å²) in [5, 5.41) is 4.63. The van der Waals surface area contributed by atoms with Crippen LogP contribution in [0.4, 0.5) is 0 Å². The Labute approximate surface area is 145 Å². The van der Waals surface area contributed by atoms with E-state index in [1.807, 2.05) is 17.0 Å². The molecule has 0 spiro atoms. The average molecular weight is 350 g/mol. The van der Waals surface area contributed by atoms with Gasteiger partial charge in [-0.25, -0.2) is 0 Å². The Morgan fingerprint density at radius 3 is 2.92 bits per heavy atom. The van der Waals surface area contributed by atoms with Crippen LogP contribution in [0.5, 0.6) is 5.75 Å². The molecule has 1 aliphatic rings. The van der Waals surface area contributed by atoms with E-state index >= 15 is 0 Å². The van der Waals surface area contributed by atoms with E-state index in [2.05, 4.69) is 10.1 Å². The van der Waals surface area contributed by atoms with Crippen molar-refractivity contribution in [1.29, 1.82) is 0 Å². The maximum atomic E-state index is 12.5. The molecule has 1 aromatic carbocycles. The number of nitrogens with zero attached hydrogens (tertiary/aromatic N) is 3. The van der Waals surface area contributed by atoms with Crippen molar-refractivity contribution in [3.8, 4) is 5.75 Å². The topological polar surface area (TPSA) is 68.5 Å². The molecule has 1 amide bonds. The van der Waals surface area contributed by atoms with Crippen LogP contribution in [0, 0.1) is 6.92 Å². The normalized spacial score (nSPS) is 17.2. The molecule has 0 N–H and O–H groups in total. The van der Waals surface area contributed by atoms with Crippen LogP contribution in [0.25, 0.3) is 0 Å². The minimum absolute atomic E-state index is 0.0628. The third-order valence-electron chi connectivity index (χ3n) is 4.03. The highest BCUT2D eigenvalue weighted by Gasteiger charge is 2.32. The van der Waals surface area contributed by atoms with Gasteiger partial charge in [-0.15, -0.1) is 0 Å². The molecule has 0 unspecified atom stereocenters. The lowest BCUT2D eigenvalue weighted by Crippen LogP contribution is -2.31. The van der Waals surface area contributed by atoms with Gasteiger partial charge in [-0.1, -0.05) is 16.8 Å². The number of carbonyl (C=O) groups excluding carboxylic acids is 1. The molecule has 3 rings (SSSR count). The Kier molecular flexibility index (Phi) is 5.35. The maximum Gasteiger partial charge on any atom is 0.223 e. The zero-order valence-electron chi connectivity index (χ0n) is 13.6. The van der Waals surface area contributed by atoms with Crippen molar-refractivity contribution >= 4 is 17.5 Å². The van der Waals surface area contributed by atoms with E-state index in [9.17, 15) is 4.79 Å². The van der Waals surface area contributed by atoms with Crippen molar-refractivity contribution in [2.24, 2.45) is 0 Å². The molecule has 2 heterocycles. The van der Waals surface area contributed by atoms with Gasteiger partial charge < -0.3 is 14.2 Å². The largest absolute Gasteiger partial charge is 0.494 e. The fraction of sp³-hybridized carbons (Fsp3) is 0.471. The fourth-order valence-corrected chi connectivity index (χ4v) is 3.00. The maximum absolute atomic E-state index is 12.5. The van der Waals surface area contributed by atoms with Gasteiger partial charge in [-0.05, 0) is 43.5 Å². The lowest BCUT2D eigenvalue weighted by molar-refractivity contribution is -0.132. The summed E-state index contributed by atoms with van der Waals surface area (Å²) in [4.78, 5) is 18.6. The smallest absolute Gasteiger partial charge is 0.223 e. The Morgan fingerprint density at radius 2 is 2.21 bits per heavy atom. The molecule has 1 aromatic heterocycles. The summed E-state index contributed by atoms with van der Waals surface area (Å²) in [5.41, 5.74) is 0. The second-order valence-electron chi connectivity index (χ2n) is 5.82.